The fraction of sp³-hybridized carbons (Fsp3) is 0.368. The molecule has 0 heterocycles. The van der Waals surface area contributed by atoms with Crippen molar-refractivity contribution in [2.45, 2.75) is 32.4 Å². The zero-order chi connectivity index (χ0) is 16.7. The molecule has 0 bridgehead atoms. The van der Waals surface area contributed by atoms with E-state index < -0.39 is 6.10 Å². The first-order chi connectivity index (χ1) is 11.1. The Bertz CT molecular complexity index is 601. The van der Waals surface area contributed by atoms with Crippen molar-refractivity contribution < 1.29 is 9.84 Å². The molecule has 124 valence electrons. The first-order valence-corrected chi connectivity index (χ1v) is 8.33. The lowest BCUT2D eigenvalue weighted by molar-refractivity contribution is 0.103. The molecule has 3 nitrogen and oxygen atoms in total. The predicted molar refractivity (Wildman–Crippen MR) is 95.2 cm³/mol. The van der Waals surface area contributed by atoms with Crippen LogP contribution in [0.15, 0.2) is 48.5 Å². The fourth-order valence-corrected chi connectivity index (χ4v) is 2.57. The Hall–Kier alpha value is -1.55. The number of aliphatic hydroxyl groups is 1. The summed E-state index contributed by atoms with van der Waals surface area (Å²) in [4.78, 5) is 0. The van der Waals surface area contributed by atoms with E-state index in [4.69, 9.17) is 16.3 Å². The normalized spacial score (nSPS) is 13.6. The van der Waals surface area contributed by atoms with Crippen LogP contribution in [0.3, 0.4) is 0 Å². The van der Waals surface area contributed by atoms with Crippen LogP contribution in [-0.2, 0) is 0 Å². The molecule has 0 aliphatic carbocycles. The summed E-state index contributed by atoms with van der Waals surface area (Å²) in [6.07, 6.45) is 0.368. The lowest BCUT2D eigenvalue weighted by Crippen LogP contribution is -2.33. The summed E-state index contributed by atoms with van der Waals surface area (Å²) in [6, 6.07) is 16.0. The third kappa shape index (κ3) is 5.54. The van der Waals surface area contributed by atoms with Crippen molar-refractivity contribution in [1.29, 1.82) is 0 Å². The lowest BCUT2D eigenvalue weighted by Gasteiger charge is -2.20. The van der Waals surface area contributed by atoms with Crippen LogP contribution in [0.4, 0.5) is 0 Å². The Labute approximate surface area is 143 Å². The van der Waals surface area contributed by atoms with Crippen LogP contribution in [0.5, 0.6) is 5.75 Å². The van der Waals surface area contributed by atoms with Crippen LogP contribution < -0.4 is 10.1 Å². The largest absolute Gasteiger partial charge is 0.489 e. The molecule has 0 aromatic heterocycles. The second-order valence-corrected chi connectivity index (χ2v) is 6.08. The number of hydrogen-bond acceptors (Lipinski definition) is 3. The van der Waals surface area contributed by atoms with Gasteiger partial charge in [0.1, 0.15) is 18.5 Å². The second kappa shape index (κ2) is 8.92. The minimum atomic E-state index is -0.592. The van der Waals surface area contributed by atoms with E-state index in [2.05, 4.69) is 43.4 Å². The molecule has 0 saturated heterocycles. The monoisotopic (exact) mass is 333 g/mol. The van der Waals surface area contributed by atoms with Crippen LogP contribution in [-0.4, -0.2) is 24.4 Å². The maximum absolute atomic E-state index is 10.1. The molecule has 0 amide bonds. The number of ether oxygens (including phenoxy) is 1. The van der Waals surface area contributed by atoms with Crippen molar-refractivity contribution in [2.24, 2.45) is 0 Å². The number of benzene rings is 2. The zero-order valence-electron chi connectivity index (χ0n) is 13.6. The number of rotatable bonds is 8. The van der Waals surface area contributed by atoms with Gasteiger partial charge < -0.3 is 15.2 Å². The van der Waals surface area contributed by atoms with Crippen LogP contribution in [0, 0.1) is 6.92 Å². The van der Waals surface area contributed by atoms with Gasteiger partial charge in [0, 0.05) is 12.6 Å². The molecule has 2 N–H and O–H groups in total. The molecule has 4 heteroatoms. The molecule has 2 aromatic carbocycles. The summed E-state index contributed by atoms with van der Waals surface area (Å²) in [5.74, 6) is 0.596. The van der Waals surface area contributed by atoms with Crippen LogP contribution in [0.1, 0.15) is 30.5 Å². The van der Waals surface area contributed by atoms with Gasteiger partial charge in [-0.25, -0.2) is 0 Å². The van der Waals surface area contributed by atoms with Gasteiger partial charge in [0.2, 0.25) is 0 Å². The maximum atomic E-state index is 10.1. The van der Waals surface area contributed by atoms with E-state index in [1.165, 1.54) is 11.1 Å². The molecule has 2 rings (SSSR count). The topological polar surface area (TPSA) is 41.5 Å². The van der Waals surface area contributed by atoms with Gasteiger partial charge in [-0.3, -0.25) is 0 Å². The van der Waals surface area contributed by atoms with Gasteiger partial charge in [-0.2, -0.15) is 0 Å². The Morgan fingerprint density at radius 2 is 1.83 bits per heavy atom. The van der Waals surface area contributed by atoms with Crippen LogP contribution >= 0.6 is 11.6 Å². The van der Waals surface area contributed by atoms with Gasteiger partial charge in [0.25, 0.3) is 0 Å². The standard InChI is InChI=1S/C19H24ClNO2/c1-3-18(15-10-8-14(2)9-11-15)21-12-16(22)13-23-19-7-5-4-6-17(19)20/h4-11,16,18,21-22H,3,12-13H2,1-2H3. The van der Waals surface area contributed by atoms with Crippen LogP contribution in [0.2, 0.25) is 5.02 Å². The molecule has 2 atom stereocenters. The van der Waals surface area contributed by atoms with Gasteiger partial charge in [-0.15, -0.1) is 0 Å². The highest BCUT2D eigenvalue weighted by molar-refractivity contribution is 6.32. The predicted octanol–water partition coefficient (Wildman–Crippen LogP) is 4.13. The molecule has 2 unspecified atom stereocenters. The van der Waals surface area contributed by atoms with Gasteiger partial charge in [-0.1, -0.05) is 60.5 Å². The van der Waals surface area contributed by atoms with Crippen molar-refractivity contribution >= 4 is 11.6 Å². The summed E-state index contributed by atoms with van der Waals surface area (Å²) in [6.45, 7) is 4.88. The van der Waals surface area contributed by atoms with E-state index >= 15 is 0 Å². The van der Waals surface area contributed by atoms with Crippen molar-refractivity contribution in [1.82, 2.24) is 5.32 Å². The average Bonchev–Trinajstić information content (AvgIpc) is 2.56. The number of nitrogens with one attached hydrogen (secondary N) is 1. The summed E-state index contributed by atoms with van der Waals surface area (Å²) in [5, 5.41) is 14.1. The minimum absolute atomic E-state index is 0.209. The van der Waals surface area contributed by atoms with Gasteiger partial charge in [0.05, 0.1) is 5.02 Å². The number of aryl methyl sites for hydroxylation is 1. The fourth-order valence-electron chi connectivity index (χ4n) is 2.38. The van der Waals surface area contributed by atoms with Gasteiger partial charge >= 0.3 is 0 Å². The molecule has 0 aliphatic rings. The summed E-state index contributed by atoms with van der Waals surface area (Å²) >= 11 is 6.03. The maximum Gasteiger partial charge on any atom is 0.138 e. The number of para-hydroxylation sites is 1. The number of hydrogen-bond donors (Lipinski definition) is 2. The number of aliphatic hydroxyl groups excluding tert-OH is 1. The second-order valence-electron chi connectivity index (χ2n) is 5.68. The van der Waals surface area contributed by atoms with Crippen molar-refractivity contribution in [3.8, 4) is 5.75 Å². The van der Waals surface area contributed by atoms with Crippen molar-refractivity contribution in [2.75, 3.05) is 13.2 Å². The van der Waals surface area contributed by atoms with Gasteiger partial charge in [0.15, 0.2) is 0 Å². The Kier molecular flexibility index (Phi) is 6.90. The molecule has 0 radical (unpaired) electrons. The van der Waals surface area contributed by atoms with E-state index in [1.807, 2.05) is 12.1 Å². The smallest absolute Gasteiger partial charge is 0.138 e. The molecule has 0 aliphatic heterocycles. The molecule has 0 saturated carbocycles. The highest BCUT2D eigenvalue weighted by Crippen LogP contribution is 2.23. The first kappa shape index (κ1) is 17.8. The first-order valence-electron chi connectivity index (χ1n) is 7.95. The van der Waals surface area contributed by atoms with E-state index in [9.17, 15) is 5.11 Å². The van der Waals surface area contributed by atoms with E-state index in [-0.39, 0.29) is 12.6 Å². The molecule has 0 spiro atoms. The summed E-state index contributed by atoms with van der Waals surface area (Å²) in [7, 11) is 0. The Morgan fingerprint density at radius 3 is 2.48 bits per heavy atom. The van der Waals surface area contributed by atoms with Crippen molar-refractivity contribution in [3.05, 3.63) is 64.7 Å². The third-order valence-electron chi connectivity index (χ3n) is 3.76. The highest BCUT2D eigenvalue weighted by Gasteiger charge is 2.12. The zero-order valence-corrected chi connectivity index (χ0v) is 14.4. The van der Waals surface area contributed by atoms with E-state index in [1.54, 1.807) is 12.1 Å². The molecule has 23 heavy (non-hydrogen) atoms. The highest BCUT2D eigenvalue weighted by atomic mass is 35.5. The third-order valence-corrected chi connectivity index (χ3v) is 4.07. The van der Waals surface area contributed by atoms with Crippen LogP contribution in [0.25, 0.3) is 0 Å². The van der Waals surface area contributed by atoms with E-state index in [0.717, 1.165) is 6.42 Å². The number of halogens is 1. The molecule has 0 fully saturated rings. The summed E-state index contributed by atoms with van der Waals surface area (Å²) in [5.41, 5.74) is 2.48. The van der Waals surface area contributed by atoms with E-state index in [0.29, 0.717) is 17.3 Å². The molecular formula is C19H24ClNO2. The summed E-state index contributed by atoms with van der Waals surface area (Å²) < 4.78 is 5.56. The minimum Gasteiger partial charge on any atom is -0.489 e. The molecular weight excluding hydrogens is 310 g/mol. The SMILES string of the molecule is CCC(NCC(O)COc1ccccc1Cl)c1ccc(C)cc1. The van der Waals surface area contributed by atoms with Gasteiger partial charge in [-0.05, 0) is 31.0 Å². The lowest BCUT2D eigenvalue weighted by atomic mass is 10.0. The Balaban J connectivity index is 1.81. The average molecular weight is 334 g/mol. The van der Waals surface area contributed by atoms with Crippen molar-refractivity contribution in [3.63, 3.8) is 0 Å². The molecule has 2 aromatic rings. The Morgan fingerprint density at radius 1 is 1.13 bits per heavy atom. The quantitative estimate of drug-likeness (QED) is 0.763.